The van der Waals surface area contributed by atoms with Gasteiger partial charge in [-0.15, -0.1) is 0 Å². The number of piperidine rings is 1. The molecule has 8 heteroatoms. The van der Waals surface area contributed by atoms with Gasteiger partial charge in [-0.3, -0.25) is 9.88 Å². The normalized spacial score (nSPS) is 18.1. The van der Waals surface area contributed by atoms with E-state index in [4.69, 9.17) is 5.73 Å². The van der Waals surface area contributed by atoms with Gasteiger partial charge in [-0.1, -0.05) is 12.1 Å². The van der Waals surface area contributed by atoms with Gasteiger partial charge < -0.3 is 15.6 Å². The molecule has 3 heterocycles. The molecular weight excluding hydrogens is 366 g/mol. The molecule has 0 saturated carbocycles. The Hall–Kier alpha value is -3.26. The first-order chi connectivity index (χ1) is 14.1. The number of fused-ring (bicyclic) bond motifs is 1. The van der Waals surface area contributed by atoms with Crippen LogP contribution in [-0.4, -0.2) is 44.4 Å². The van der Waals surface area contributed by atoms with Crippen molar-refractivity contribution in [1.29, 1.82) is 0 Å². The highest BCUT2D eigenvalue weighted by molar-refractivity contribution is 6.05. The number of aromatic nitrogens is 3. The molecule has 1 unspecified atom stereocenters. The average Bonchev–Trinajstić information content (AvgIpc) is 3.13. The van der Waals surface area contributed by atoms with Gasteiger partial charge >= 0.3 is 6.03 Å². The number of aryl methyl sites for hydroxylation is 1. The molecule has 3 aromatic rings. The van der Waals surface area contributed by atoms with E-state index in [0.717, 1.165) is 49.1 Å². The van der Waals surface area contributed by atoms with Crippen molar-refractivity contribution in [2.75, 3.05) is 18.4 Å². The third kappa shape index (κ3) is 4.43. The molecule has 150 valence electrons. The van der Waals surface area contributed by atoms with Crippen LogP contribution in [0.4, 0.5) is 10.5 Å². The van der Waals surface area contributed by atoms with Gasteiger partial charge in [0.1, 0.15) is 11.7 Å². The zero-order valence-electron chi connectivity index (χ0n) is 16.5. The van der Waals surface area contributed by atoms with E-state index in [2.05, 4.69) is 25.2 Å². The molecule has 0 spiro atoms. The predicted molar refractivity (Wildman–Crippen MR) is 114 cm³/mol. The number of urea groups is 1. The van der Waals surface area contributed by atoms with Crippen molar-refractivity contribution < 1.29 is 4.79 Å². The van der Waals surface area contributed by atoms with E-state index in [1.807, 2.05) is 42.1 Å². The molecule has 1 aliphatic rings. The number of likely N-dealkylation sites (tertiary alicyclic amines) is 1. The van der Waals surface area contributed by atoms with E-state index < -0.39 is 6.03 Å². The van der Waals surface area contributed by atoms with Gasteiger partial charge in [0, 0.05) is 55.1 Å². The maximum Gasteiger partial charge on any atom is 0.347 e. The van der Waals surface area contributed by atoms with Crippen molar-refractivity contribution in [2.45, 2.75) is 19.4 Å². The van der Waals surface area contributed by atoms with Crippen molar-refractivity contribution in [3.8, 4) is 0 Å². The summed E-state index contributed by atoms with van der Waals surface area (Å²) in [6.07, 6.45) is 9.16. The monoisotopic (exact) mass is 391 g/mol. The van der Waals surface area contributed by atoms with Crippen LogP contribution < -0.4 is 11.1 Å². The Kier molecular flexibility index (Phi) is 5.53. The molecule has 1 atom stereocenters. The summed E-state index contributed by atoms with van der Waals surface area (Å²) in [5.74, 6) is 1.46. The molecule has 1 saturated heterocycles. The number of pyridine rings is 1. The van der Waals surface area contributed by atoms with E-state index in [-0.39, 0.29) is 5.92 Å². The first-order valence-electron chi connectivity index (χ1n) is 9.76. The number of benzene rings is 1. The number of nitrogens with one attached hydrogen (secondary N) is 1. The standard InChI is InChI=1S/C21H25N7O/c1-27-11-9-24-19(27)14-28-10-3-5-16(13-28)20(22)26-21(29)25-18-6-2-4-15-12-23-8-7-17(15)18/h2,4,6-9,11-12,16H,3,5,10,13-14H2,1H3,(H3,22,25,26,29). The van der Waals surface area contributed by atoms with Gasteiger partial charge in [-0.05, 0) is 31.5 Å². The lowest BCUT2D eigenvalue weighted by atomic mass is 9.97. The Balaban J connectivity index is 1.42. The Morgan fingerprint density at radius 1 is 1.34 bits per heavy atom. The second-order valence-corrected chi connectivity index (χ2v) is 7.40. The number of amides is 2. The number of carbonyl (C=O) groups excluding carboxylic acids is 1. The number of nitrogens with zero attached hydrogens (tertiary/aromatic N) is 5. The molecule has 1 aliphatic heterocycles. The van der Waals surface area contributed by atoms with Gasteiger partial charge in [-0.25, -0.2) is 9.78 Å². The van der Waals surface area contributed by atoms with Crippen molar-refractivity contribution in [1.82, 2.24) is 19.4 Å². The fourth-order valence-electron chi connectivity index (χ4n) is 3.77. The fraction of sp³-hybridized carbons (Fsp3) is 0.333. The topological polar surface area (TPSA) is 101 Å². The zero-order chi connectivity index (χ0) is 20.2. The van der Waals surface area contributed by atoms with Crippen molar-refractivity contribution in [3.05, 3.63) is 54.9 Å². The minimum absolute atomic E-state index is 0.0616. The van der Waals surface area contributed by atoms with Crippen LogP contribution >= 0.6 is 0 Å². The number of imidazole rings is 1. The molecule has 0 radical (unpaired) electrons. The first kappa shape index (κ1) is 19.1. The van der Waals surface area contributed by atoms with Crippen LogP contribution in [0.3, 0.4) is 0 Å². The third-order valence-corrected chi connectivity index (χ3v) is 5.36. The summed E-state index contributed by atoms with van der Waals surface area (Å²) in [7, 11) is 1.99. The van der Waals surface area contributed by atoms with Crippen molar-refractivity contribution in [2.24, 2.45) is 23.7 Å². The van der Waals surface area contributed by atoms with Crippen LogP contribution in [0.2, 0.25) is 0 Å². The molecule has 3 N–H and O–H groups in total. The summed E-state index contributed by atoms with van der Waals surface area (Å²) in [5, 5.41) is 4.73. The molecule has 1 aromatic carbocycles. The number of hydrogen-bond acceptors (Lipinski definition) is 4. The maximum atomic E-state index is 12.5. The highest BCUT2D eigenvalue weighted by atomic mass is 16.2. The largest absolute Gasteiger partial charge is 0.387 e. The second kappa shape index (κ2) is 8.40. The lowest BCUT2D eigenvalue weighted by molar-refractivity contribution is 0.190. The average molecular weight is 391 g/mol. The van der Waals surface area contributed by atoms with E-state index in [0.29, 0.717) is 11.5 Å². The summed E-state index contributed by atoms with van der Waals surface area (Å²) >= 11 is 0. The number of anilines is 1. The predicted octanol–water partition coefficient (Wildman–Crippen LogP) is 2.77. The van der Waals surface area contributed by atoms with Gasteiger partial charge in [0.15, 0.2) is 0 Å². The molecule has 4 rings (SSSR count). The van der Waals surface area contributed by atoms with Gasteiger partial charge in [-0.2, -0.15) is 4.99 Å². The number of aliphatic imine (C=N–C) groups is 1. The summed E-state index contributed by atoms with van der Waals surface area (Å²) in [6.45, 7) is 2.53. The lowest BCUT2D eigenvalue weighted by Crippen LogP contribution is -2.41. The Morgan fingerprint density at radius 3 is 3.07 bits per heavy atom. The van der Waals surface area contributed by atoms with Crippen LogP contribution in [0.1, 0.15) is 18.7 Å². The van der Waals surface area contributed by atoms with E-state index in [9.17, 15) is 4.79 Å². The smallest absolute Gasteiger partial charge is 0.347 e. The fourth-order valence-corrected chi connectivity index (χ4v) is 3.77. The number of hydrogen-bond donors (Lipinski definition) is 2. The Bertz CT molecular complexity index is 1040. The van der Waals surface area contributed by atoms with Crippen LogP contribution in [0.15, 0.2) is 54.0 Å². The number of nitrogens with two attached hydrogens (primary N) is 1. The number of amidine groups is 1. The molecule has 0 bridgehead atoms. The van der Waals surface area contributed by atoms with Crippen molar-refractivity contribution >= 4 is 28.3 Å². The highest BCUT2D eigenvalue weighted by Crippen LogP contribution is 2.23. The number of rotatable bonds is 4. The highest BCUT2D eigenvalue weighted by Gasteiger charge is 2.24. The quantitative estimate of drug-likeness (QED) is 0.526. The van der Waals surface area contributed by atoms with Crippen LogP contribution in [0.5, 0.6) is 0 Å². The lowest BCUT2D eigenvalue weighted by Gasteiger charge is -2.32. The Morgan fingerprint density at radius 2 is 2.24 bits per heavy atom. The van der Waals surface area contributed by atoms with Gasteiger partial charge in [0.2, 0.25) is 0 Å². The minimum Gasteiger partial charge on any atom is -0.387 e. The van der Waals surface area contributed by atoms with Gasteiger partial charge in [0.05, 0.1) is 12.2 Å². The van der Waals surface area contributed by atoms with E-state index in [1.165, 1.54) is 0 Å². The molecule has 1 fully saturated rings. The molecule has 2 amide bonds. The molecule has 29 heavy (non-hydrogen) atoms. The summed E-state index contributed by atoms with van der Waals surface area (Å²) in [5.41, 5.74) is 6.91. The number of carbonyl (C=O) groups is 1. The van der Waals surface area contributed by atoms with Crippen LogP contribution in [-0.2, 0) is 13.6 Å². The zero-order valence-corrected chi connectivity index (χ0v) is 16.5. The molecule has 8 nitrogen and oxygen atoms in total. The molecule has 2 aromatic heterocycles. The SMILES string of the molecule is Cn1ccnc1CN1CCCC(/C(N)=N/C(=O)Nc2cccc3cnccc23)C1. The summed E-state index contributed by atoms with van der Waals surface area (Å²) in [6, 6.07) is 7.10. The first-order valence-corrected chi connectivity index (χ1v) is 9.76. The minimum atomic E-state index is -0.451. The van der Waals surface area contributed by atoms with Crippen LogP contribution in [0, 0.1) is 5.92 Å². The maximum absolute atomic E-state index is 12.5. The summed E-state index contributed by atoms with van der Waals surface area (Å²) < 4.78 is 2.02. The van der Waals surface area contributed by atoms with E-state index in [1.54, 1.807) is 18.6 Å². The third-order valence-electron chi connectivity index (χ3n) is 5.36. The van der Waals surface area contributed by atoms with E-state index >= 15 is 0 Å². The van der Waals surface area contributed by atoms with Crippen molar-refractivity contribution in [3.63, 3.8) is 0 Å². The van der Waals surface area contributed by atoms with Crippen LogP contribution in [0.25, 0.3) is 10.8 Å². The Labute approximate surface area is 169 Å². The molecular formula is C21H25N7O. The second-order valence-electron chi connectivity index (χ2n) is 7.40. The summed E-state index contributed by atoms with van der Waals surface area (Å²) in [4.78, 5) is 27.4. The molecule has 0 aliphatic carbocycles. The van der Waals surface area contributed by atoms with Gasteiger partial charge in [0.25, 0.3) is 0 Å².